The van der Waals surface area contributed by atoms with Gasteiger partial charge in [0.2, 0.25) is 0 Å². The van der Waals surface area contributed by atoms with Crippen LogP contribution in [0.15, 0.2) is 48.5 Å². The van der Waals surface area contributed by atoms with Crippen molar-refractivity contribution in [1.82, 2.24) is 0 Å². The van der Waals surface area contributed by atoms with Gasteiger partial charge in [-0.1, -0.05) is 92.8 Å². The Kier molecular flexibility index (Phi) is 12.2. The van der Waals surface area contributed by atoms with E-state index in [1.807, 2.05) is 0 Å². The molecule has 0 heterocycles. The lowest BCUT2D eigenvalue weighted by molar-refractivity contribution is -0.253. The fourth-order valence-electron chi connectivity index (χ4n) is 3.85. The Morgan fingerprint density at radius 1 is 0.600 bits per heavy atom. The first-order chi connectivity index (χ1) is 21.3. The summed E-state index contributed by atoms with van der Waals surface area (Å²) in [4.78, 5) is 34.4. The highest BCUT2D eigenvalue weighted by atomic mass is 35.5. The van der Waals surface area contributed by atoms with E-state index in [0.29, 0.717) is 34.0 Å². The van der Waals surface area contributed by atoms with Crippen LogP contribution in [0.5, 0.6) is 11.5 Å². The lowest BCUT2D eigenvalue weighted by Gasteiger charge is -2.16. The molecule has 0 unspecified atom stereocenters. The molecule has 0 fully saturated rings. The summed E-state index contributed by atoms with van der Waals surface area (Å²) in [6.45, 7) is -0.392. The molecule has 4 aromatic carbocycles. The molecule has 4 rings (SSSR count). The molecule has 0 radical (unpaired) electrons. The van der Waals surface area contributed by atoms with Crippen LogP contribution in [-0.2, 0) is 22.9 Å². The molecule has 0 aliphatic rings. The molecule has 4 N–H and O–H groups in total. The van der Waals surface area contributed by atoms with E-state index in [1.165, 1.54) is 12.1 Å². The van der Waals surface area contributed by atoms with Gasteiger partial charge < -0.3 is 15.2 Å². The lowest BCUT2D eigenvalue weighted by Crippen LogP contribution is -2.18. The number of rotatable bonds is 11. The van der Waals surface area contributed by atoms with Gasteiger partial charge in [0.25, 0.3) is 5.91 Å². The summed E-state index contributed by atoms with van der Waals surface area (Å²) >= 11 is 48.9. The largest absolute Gasteiger partial charge is 0.478 e. The van der Waals surface area contributed by atoms with Crippen LogP contribution in [0.4, 0.5) is 11.4 Å². The Morgan fingerprint density at radius 2 is 1.04 bits per heavy atom. The monoisotopic (exact) mass is 772 g/mol. The van der Waals surface area contributed by atoms with Gasteiger partial charge in [0, 0.05) is 16.8 Å². The van der Waals surface area contributed by atoms with Crippen LogP contribution >= 0.6 is 92.8 Å². The number of anilines is 2. The van der Waals surface area contributed by atoms with E-state index in [9.17, 15) is 14.7 Å². The molecule has 0 bridgehead atoms. The highest BCUT2D eigenvalue weighted by molar-refractivity contribution is 6.54. The molecule has 0 aliphatic carbocycles. The first-order valence-corrected chi connectivity index (χ1v) is 15.1. The van der Waals surface area contributed by atoms with Crippen LogP contribution < -0.4 is 15.5 Å². The molecule has 0 aromatic heterocycles. The zero-order valence-corrected chi connectivity index (χ0v) is 28.0. The van der Waals surface area contributed by atoms with E-state index in [2.05, 4.69) is 15.7 Å². The molecule has 236 valence electrons. The fraction of sp³-hybridized carbons (Fsp3) is 0.0714. The number of halogens is 8. The van der Waals surface area contributed by atoms with Gasteiger partial charge in [0.1, 0.15) is 24.7 Å². The van der Waals surface area contributed by atoms with Crippen molar-refractivity contribution in [3.63, 3.8) is 0 Å². The second-order valence-corrected chi connectivity index (χ2v) is 11.8. The number of carbonyl (C=O) groups is 2. The fourth-order valence-corrected chi connectivity index (χ4v) is 5.91. The number of benzene rings is 4. The molecule has 1 amide bonds. The summed E-state index contributed by atoms with van der Waals surface area (Å²) in [7, 11) is 0. The summed E-state index contributed by atoms with van der Waals surface area (Å²) in [5, 5.41) is 20.0. The Morgan fingerprint density at radius 3 is 1.53 bits per heavy atom. The van der Waals surface area contributed by atoms with Crippen LogP contribution in [0.2, 0.25) is 40.2 Å². The number of carboxylic acids is 1. The van der Waals surface area contributed by atoms with E-state index < -0.39 is 28.0 Å². The van der Waals surface area contributed by atoms with Crippen LogP contribution in [0, 0.1) is 0 Å². The lowest BCUT2D eigenvalue weighted by atomic mass is 10.1. The minimum Gasteiger partial charge on any atom is -0.478 e. The van der Waals surface area contributed by atoms with Crippen LogP contribution in [-0.4, -0.2) is 22.2 Å². The first kappa shape index (κ1) is 35.5. The summed E-state index contributed by atoms with van der Waals surface area (Å²) in [6, 6.07) is 12.9. The minimum absolute atomic E-state index is 0.0231. The molecule has 9 nitrogen and oxygen atoms in total. The van der Waals surface area contributed by atoms with Crippen LogP contribution in [0.1, 0.15) is 31.8 Å². The van der Waals surface area contributed by atoms with E-state index in [1.54, 1.807) is 36.4 Å². The SMILES string of the molecule is O=C(O)c1c(Cl)c(Cl)c(Cl)c(Cl)c1C(=O)Nc1ccc(Oc2ccc(NOCc3c(Cl)c(Cl)c(Cl)c(Cl)c3COO)cc2)cc1. The molecule has 0 aliphatic heterocycles. The Bertz CT molecular complexity index is 1770. The second kappa shape index (κ2) is 15.5. The molecule has 4 aromatic rings. The van der Waals surface area contributed by atoms with Gasteiger partial charge in [-0.05, 0) is 48.5 Å². The number of aromatic carboxylic acids is 1. The normalized spacial score (nSPS) is 11.0. The highest BCUT2D eigenvalue weighted by Gasteiger charge is 2.29. The third-order valence-electron chi connectivity index (χ3n) is 6.00. The van der Waals surface area contributed by atoms with Crippen molar-refractivity contribution in [3.05, 3.63) is 111 Å². The zero-order valence-electron chi connectivity index (χ0n) is 22.0. The van der Waals surface area contributed by atoms with Crippen molar-refractivity contribution >= 4 is 116 Å². The maximum absolute atomic E-state index is 12.9. The number of nitrogens with one attached hydrogen (secondary N) is 2. The minimum atomic E-state index is -1.51. The molecule has 17 heteroatoms. The van der Waals surface area contributed by atoms with Crippen molar-refractivity contribution in [2.24, 2.45) is 0 Å². The van der Waals surface area contributed by atoms with Crippen LogP contribution in [0.25, 0.3) is 0 Å². The average Bonchev–Trinajstić information content (AvgIpc) is 3.02. The first-order valence-electron chi connectivity index (χ1n) is 12.1. The number of carboxylic acid groups (broad SMARTS) is 1. The summed E-state index contributed by atoms with van der Waals surface area (Å²) in [6.07, 6.45) is 0. The quantitative estimate of drug-likeness (QED) is 0.0513. The van der Waals surface area contributed by atoms with Crippen molar-refractivity contribution < 1.29 is 34.4 Å². The van der Waals surface area contributed by atoms with Gasteiger partial charge in [-0.2, -0.15) is 0 Å². The van der Waals surface area contributed by atoms with Crippen LogP contribution in [0.3, 0.4) is 0 Å². The van der Waals surface area contributed by atoms with E-state index in [4.69, 9.17) is 108 Å². The number of hydrogen-bond donors (Lipinski definition) is 4. The topological polar surface area (TPSA) is 126 Å². The van der Waals surface area contributed by atoms with Gasteiger partial charge in [-0.25, -0.2) is 9.68 Å². The van der Waals surface area contributed by atoms with Gasteiger partial charge in [-0.15, -0.1) is 0 Å². The predicted molar refractivity (Wildman–Crippen MR) is 177 cm³/mol. The standard InChI is InChI=1S/C28H16Cl8N2O7/c29-19-15(16(10-44-42)20(30)24(34)23(19)33)9-43-38-12-3-7-14(8-4-12)45-13-5-1-11(2-6-13)37-27(39)17-18(28(40)41)22(32)26(36)25(35)21(17)31/h1-8,38,42H,9-10H2,(H,37,39)(H,40,41). The highest BCUT2D eigenvalue weighted by Crippen LogP contribution is 2.43. The van der Waals surface area contributed by atoms with Gasteiger partial charge in [-0.3, -0.25) is 20.4 Å². The van der Waals surface area contributed by atoms with Gasteiger partial charge in [0.15, 0.2) is 0 Å². The van der Waals surface area contributed by atoms with Gasteiger partial charge in [0.05, 0.1) is 57.0 Å². The third-order valence-corrected chi connectivity index (χ3v) is 9.68. The molecule has 0 atom stereocenters. The smallest absolute Gasteiger partial charge is 0.338 e. The van der Waals surface area contributed by atoms with E-state index in [0.717, 1.165) is 0 Å². The molecule has 0 spiro atoms. The summed E-state index contributed by atoms with van der Waals surface area (Å²) in [5.41, 5.74) is 3.26. The summed E-state index contributed by atoms with van der Waals surface area (Å²) in [5.74, 6) is -1.47. The van der Waals surface area contributed by atoms with E-state index in [-0.39, 0.29) is 48.4 Å². The average molecular weight is 776 g/mol. The molecule has 0 saturated carbocycles. The second-order valence-electron chi connectivity index (χ2n) is 8.79. The molecule has 0 saturated heterocycles. The molecular weight excluding hydrogens is 760 g/mol. The van der Waals surface area contributed by atoms with Crippen molar-refractivity contribution in [2.75, 3.05) is 10.8 Å². The number of hydrogen-bond acceptors (Lipinski definition) is 7. The van der Waals surface area contributed by atoms with Crippen molar-refractivity contribution in [1.29, 1.82) is 0 Å². The maximum Gasteiger partial charge on any atom is 0.338 e. The number of carbonyl (C=O) groups excluding carboxylic acids is 1. The van der Waals surface area contributed by atoms with Crippen molar-refractivity contribution in [3.8, 4) is 11.5 Å². The maximum atomic E-state index is 12.9. The Labute approximate surface area is 295 Å². The molecular formula is C28H16Cl8N2O7. The van der Waals surface area contributed by atoms with Gasteiger partial charge >= 0.3 is 5.97 Å². The van der Waals surface area contributed by atoms with E-state index >= 15 is 0 Å². The number of ether oxygens (including phenoxy) is 1. The Balaban J connectivity index is 1.38. The Hall–Kier alpha value is -2.38. The predicted octanol–water partition coefficient (Wildman–Crippen LogP) is 11.2. The summed E-state index contributed by atoms with van der Waals surface area (Å²) < 4.78 is 5.84. The van der Waals surface area contributed by atoms with Crippen molar-refractivity contribution in [2.45, 2.75) is 13.2 Å². The zero-order chi connectivity index (χ0) is 33.0. The third kappa shape index (κ3) is 7.96. The number of amides is 1. The molecule has 45 heavy (non-hydrogen) atoms.